The van der Waals surface area contributed by atoms with Crippen molar-refractivity contribution in [3.05, 3.63) is 22.6 Å². The van der Waals surface area contributed by atoms with Gasteiger partial charge in [0, 0.05) is 6.04 Å². The first kappa shape index (κ1) is 19.7. The number of imide groups is 1. The summed E-state index contributed by atoms with van der Waals surface area (Å²) in [6.45, 7) is 2.59. The minimum absolute atomic E-state index is 0.0223. The van der Waals surface area contributed by atoms with Crippen LogP contribution in [0.25, 0.3) is 0 Å². The van der Waals surface area contributed by atoms with Gasteiger partial charge >= 0.3 is 12.0 Å². The van der Waals surface area contributed by atoms with Crippen LogP contribution in [0, 0.1) is 0 Å². The molecule has 4 amide bonds. The van der Waals surface area contributed by atoms with Gasteiger partial charge in [0.2, 0.25) is 0 Å². The van der Waals surface area contributed by atoms with Crippen LogP contribution in [0.5, 0.6) is 0 Å². The van der Waals surface area contributed by atoms with Gasteiger partial charge in [-0.25, -0.2) is 4.79 Å². The molecule has 0 unspecified atom stereocenters. The van der Waals surface area contributed by atoms with Crippen LogP contribution < -0.4 is 16.0 Å². The number of halogens is 1. The summed E-state index contributed by atoms with van der Waals surface area (Å²) in [6, 6.07) is 2.20. The minimum atomic E-state index is -0.827. The van der Waals surface area contributed by atoms with E-state index in [0.717, 1.165) is 0 Å². The number of carbonyl (C=O) groups excluding carboxylic acids is 4. The molecule has 0 aromatic carbocycles. The molecule has 0 aliphatic heterocycles. The van der Waals surface area contributed by atoms with Gasteiger partial charge in [0.15, 0.2) is 17.0 Å². The lowest BCUT2D eigenvalue weighted by molar-refractivity contribution is -0.147. The van der Waals surface area contributed by atoms with Crippen molar-refractivity contribution in [2.45, 2.75) is 26.3 Å². The highest BCUT2D eigenvalue weighted by atomic mass is 79.9. The van der Waals surface area contributed by atoms with Gasteiger partial charge in [-0.3, -0.25) is 19.7 Å². The molecule has 10 heteroatoms. The van der Waals surface area contributed by atoms with E-state index in [9.17, 15) is 19.2 Å². The fraction of sp³-hybridized carbons (Fsp3) is 0.429. The van der Waals surface area contributed by atoms with E-state index in [1.165, 1.54) is 12.1 Å². The normalized spacial score (nSPS) is 11.3. The zero-order chi connectivity index (χ0) is 18.1. The molecule has 9 nitrogen and oxygen atoms in total. The van der Waals surface area contributed by atoms with E-state index in [4.69, 9.17) is 4.42 Å². The quantitative estimate of drug-likeness (QED) is 0.581. The highest BCUT2D eigenvalue weighted by Crippen LogP contribution is 2.13. The minimum Gasteiger partial charge on any atom is -0.454 e. The summed E-state index contributed by atoms with van der Waals surface area (Å²) in [5.74, 6) is -2.18. The second-order valence-electron chi connectivity index (χ2n) is 4.78. The number of ether oxygens (including phenoxy) is 1. The van der Waals surface area contributed by atoms with E-state index in [1.807, 2.05) is 12.2 Å². The summed E-state index contributed by atoms with van der Waals surface area (Å²) in [7, 11) is 0. The van der Waals surface area contributed by atoms with Gasteiger partial charge in [-0.1, -0.05) is 6.92 Å². The van der Waals surface area contributed by atoms with Crippen molar-refractivity contribution in [3.63, 3.8) is 0 Å². The summed E-state index contributed by atoms with van der Waals surface area (Å²) in [5.41, 5.74) is 0. The van der Waals surface area contributed by atoms with Gasteiger partial charge in [-0.15, -0.1) is 0 Å². The molecule has 0 saturated carbocycles. The monoisotopic (exact) mass is 403 g/mol. The zero-order valence-corrected chi connectivity index (χ0v) is 14.8. The molecule has 0 aliphatic carbocycles. The molecule has 0 fully saturated rings. The number of carbonyl (C=O) groups is 4. The number of furan rings is 1. The highest BCUT2D eigenvalue weighted by molar-refractivity contribution is 9.10. The van der Waals surface area contributed by atoms with Crippen molar-refractivity contribution in [1.29, 1.82) is 0 Å². The van der Waals surface area contributed by atoms with Crippen molar-refractivity contribution in [2.75, 3.05) is 13.2 Å². The maximum absolute atomic E-state index is 11.6. The highest BCUT2D eigenvalue weighted by Gasteiger charge is 2.14. The number of amides is 4. The molecule has 1 heterocycles. The van der Waals surface area contributed by atoms with Crippen molar-refractivity contribution < 1.29 is 28.3 Å². The third-order valence-electron chi connectivity index (χ3n) is 2.80. The molecule has 0 spiro atoms. The van der Waals surface area contributed by atoms with Crippen LogP contribution in [0.1, 0.15) is 30.8 Å². The fourth-order valence-corrected chi connectivity index (χ4v) is 1.70. The molecule has 0 radical (unpaired) electrons. The van der Waals surface area contributed by atoms with E-state index >= 15 is 0 Å². The molecule has 1 aromatic rings. The Morgan fingerprint density at radius 2 is 2.00 bits per heavy atom. The van der Waals surface area contributed by atoms with Crippen molar-refractivity contribution in [1.82, 2.24) is 16.0 Å². The maximum atomic E-state index is 11.6. The lowest BCUT2D eigenvalue weighted by atomic mass is 10.3. The predicted molar refractivity (Wildman–Crippen MR) is 86.1 cm³/mol. The smallest absolute Gasteiger partial charge is 0.325 e. The summed E-state index contributed by atoms with van der Waals surface area (Å²) in [5, 5.41) is 6.82. The molecule has 0 aliphatic rings. The lowest BCUT2D eigenvalue weighted by Gasteiger charge is -2.11. The fourth-order valence-electron chi connectivity index (χ4n) is 1.40. The van der Waals surface area contributed by atoms with Gasteiger partial charge in [0.05, 0.1) is 0 Å². The van der Waals surface area contributed by atoms with E-state index in [2.05, 4.69) is 31.3 Å². The van der Waals surface area contributed by atoms with E-state index in [0.29, 0.717) is 11.1 Å². The Balaban J connectivity index is 2.24. The van der Waals surface area contributed by atoms with Gasteiger partial charge in [0.1, 0.15) is 6.54 Å². The predicted octanol–water partition coefficient (Wildman–Crippen LogP) is 0.939. The molecule has 132 valence electrons. The van der Waals surface area contributed by atoms with Crippen LogP contribution in [0.2, 0.25) is 0 Å². The van der Waals surface area contributed by atoms with Gasteiger partial charge in [-0.05, 0) is 41.4 Å². The maximum Gasteiger partial charge on any atom is 0.325 e. The van der Waals surface area contributed by atoms with E-state index < -0.39 is 37.0 Å². The van der Waals surface area contributed by atoms with Crippen molar-refractivity contribution >= 4 is 39.7 Å². The molecule has 24 heavy (non-hydrogen) atoms. The molecule has 3 N–H and O–H groups in total. The van der Waals surface area contributed by atoms with Crippen LogP contribution >= 0.6 is 15.9 Å². The molecule has 0 saturated heterocycles. The summed E-state index contributed by atoms with van der Waals surface area (Å²) < 4.78 is 10.0. The Kier molecular flexibility index (Phi) is 7.96. The third kappa shape index (κ3) is 7.27. The Morgan fingerprint density at radius 1 is 1.29 bits per heavy atom. The van der Waals surface area contributed by atoms with Crippen LogP contribution in [0.15, 0.2) is 21.2 Å². The van der Waals surface area contributed by atoms with Crippen LogP contribution in [0.4, 0.5) is 4.79 Å². The van der Waals surface area contributed by atoms with Crippen LogP contribution in [-0.2, 0) is 14.3 Å². The van der Waals surface area contributed by atoms with Crippen LogP contribution in [0.3, 0.4) is 0 Å². The van der Waals surface area contributed by atoms with Crippen molar-refractivity contribution in [3.8, 4) is 0 Å². The Morgan fingerprint density at radius 3 is 2.58 bits per heavy atom. The summed E-state index contributed by atoms with van der Waals surface area (Å²) >= 11 is 3.04. The Hall–Kier alpha value is -2.36. The Labute approximate surface area is 146 Å². The third-order valence-corrected chi connectivity index (χ3v) is 3.22. The molecular formula is C14H18BrN3O6. The number of esters is 1. The van der Waals surface area contributed by atoms with E-state index in [1.54, 1.807) is 6.92 Å². The average Bonchev–Trinajstić information content (AvgIpc) is 2.96. The molecule has 0 bridgehead atoms. The summed E-state index contributed by atoms with van der Waals surface area (Å²) in [6.07, 6.45) is 0.711. The number of hydrogen-bond donors (Lipinski definition) is 3. The zero-order valence-electron chi connectivity index (χ0n) is 13.2. The number of urea groups is 1. The number of rotatable bonds is 7. The average molecular weight is 404 g/mol. The SMILES string of the molecule is CC[C@H](C)NC(=O)NC(=O)COC(=O)CNC(=O)c1ccc(Br)o1. The first-order valence-electron chi connectivity index (χ1n) is 7.11. The van der Waals surface area contributed by atoms with E-state index in [-0.39, 0.29) is 11.8 Å². The molecule has 1 aromatic heterocycles. The first-order valence-corrected chi connectivity index (χ1v) is 7.90. The Bertz CT molecular complexity index is 615. The second kappa shape index (κ2) is 9.71. The second-order valence-corrected chi connectivity index (χ2v) is 5.56. The largest absolute Gasteiger partial charge is 0.454 e. The molecular weight excluding hydrogens is 386 g/mol. The topological polar surface area (TPSA) is 127 Å². The summed E-state index contributed by atoms with van der Waals surface area (Å²) in [4.78, 5) is 45.9. The number of hydrogen-bond acceptors (Lipinski definition) is 6. The van der Waals surface area contributed by atoms with Gasteiger partial charge < -0.3 is 19.8 Å². The standard InChI is InChI=1S/C14H18BrN3O6/c1-3-8(2)17-14(22)18-11(19)7-23-12(20)6-16-13(21)9-4-5-10(15)24-9/h4-5,8H,3,6-7H2,1-2H3,(H,16,21)(H2,17,18,19,22)/t8-/m0/s1. The van der Waals surface area contributed by atoms with Gasteiger partial charge in [0.25, 0.3) is 11.8 Å². The van der Waals surface area contributed by atoms with Gasteiger partial charge in [-0.2, -0.15) is 0 Å². The molecule has 1 rings (SSSR count). The lowest BCUT2D eigenvalue weighted by Crippen LogP contribution is -2.45. The molecule has 1 atom stereocenters. The number of nitrogens with one attached hydrogen (secondary N) is 3. The van der Waals surface area contributed by atoms with Crippen molar-refractivity contribution in [2.24, 2.45) is 0 Å². The van der Waals surface area contributed by atoms with Crippen LogP contribution in [-0.4, -0.2) is 43.0 Å². The first-order chi connectivity index (χ1) is 11.3.